The third kappa shape index (κ3) is 7.10. The van der Waals surface area contributed by atoms with Crippen molar-refractivity contribution < 1.29 is 27.5 Å². The van der Waals surface area contributed by atoms with Crippen LogP contribution in [0.4, 0.5) is 0 Å². The van der Waals surface area contributed by atoms with Gasteiger partial charge in [0, 0.05) is 36.7 Å². The zero-order valence-corrected chi connectivity index (χ0v) is 28.3. The molecule has 3 aromatic rings. The fourth-order valence-corrected chi connectivity index (χ4v) is 8.38. The van der Waals surface area contributed by atoms with Crippen molar-refractivity contribution in [1.29, 1.82) is 0 Å². The molecular weight excluding hydrogens is 643 g/mol. The van der Waals surface area contributed by atoms with E-state index in [9.17, 15) is 22.8 Å². The Bertz CT molecular complexity index is 1810. The predicted octanol–water partition coefficient (Wildman–Crippen LogP) is 4.27. The molecule has 2 N–H and O–H groups in total. The van der Waals surface area contributed by atoms with Gasteiger partial charge in [-0.1, -0.05) is 72.8 Å². The molecule has 0 bridgehead atoms. The maximum atomic E-state index is 14.1. The molecule has 0 saturated heterocycles. The molecule has 1 aliphatic heterocycles. The summed E-state index contributed by atoms with van der Waals surface area (Å²) >= 11 is 0. The number of nitrogens with zero attached hydrogens (tertiary/aromatic N) is 3. The van der Waals surface area contributed by atoms with Crippen LogP contribution in [0.25, 0.3) is 22.6 Å². The first kappa shape index (κ1) is 32.9. The molecule has 7 rings (SSSR count). The molecule has 256 valence electrons. The van der Waals surface area contributed by atoms with Crippen molar-refractivity contribution in [2.45, 2.75) is 68.3 Å². The van der Waals surface area contributed by atoms with E-state index >= 15 is 0 Å². The van der Waals surface area contributed by atoms with Crippen molar-refractivity contribution in [3.63, 3.8) is 0 Å². The fourth-order valence-electron chi connectivity index (χ4n) is 7.02. The second-order valence-corrected chi connectivity index (χ2v) is 15.7. The molecule has 5 atom stereocenters. The number of allylic oxidation sites excluding steroid dienone is 1. The zero-order valence-electron chi connectivity index (χ0n) is 27.5. The number of sulfonamides is 1. The quantitative estimate of drug-likeness (QED) is 0.351. The Morgan fingerprint density at radius 3 is 2.37 bits per heavy atom. The number of carbonyl (C=O) groups is 3. The topological polar surface area (TPSA) is 148 Å². The van der Waals surface area contributed by atoms with Crippen molar-refractivity contribution in [3.8, 4) is 28.5 Å². The van der Waals surface area contributed by atoms with E-state index < -0.39 is 50.6 Å². The molecule has 12 heteroatoms. The Balaban J connectivity index is 1.17. The number of hydrogen-bond donors (Lipinski definition) is 2. The van der Waals surface area contributed by atoms with Crippen LogP contribution in [0.5, 0.6) is 5.88 Å². The van der Waals surface area contributed by atoms with Crippen molar-refractivity contribution in [1.82, 2.24) is 24.9 Å². The van der Waals surface area contributed by atoms with E-state index in [4.69, 9.17) is 14.7 Å². The van der Waals surface area contributed by atoms with Gasteiger partial charge in [0.2, 0.25) is 27.7 Å². The molecule has 3 aliphatic carbocycles. The second-order valence-electron chi connectivity index (χ2n) is 13.7. The number of ether oxygens (including phenoxy) is 1. The van der Waals surface area contributed by atoms with Crippen LogP contribution in [-0.2, 0) is 24.4 Å². The number of nitrogens with one attached hydrogen (secondary N) is 2. The molecule has 0 unspecified atom stereocenters. The molecule has 3 amide bonds. The van der Waals surface area contributed by atoms with Crippen LogP contribution in [0.15, 0.2) is 78.9 Å². The lowest BCUT2D eigenvalue weighted by molar-refractivity contribution is -0.140. The van der Waals surface area contributed by atoms with E-state index in [1.165, 1.54) is 0 Å². The molecule has 2 aromatic carbocycles. The van der Waals surface area contributed by atoms with Crippen molar-refractivity contribution in [2.75, 3.05) is 13.6 Å². The number of amides is 3. The smallest absolute Gasteiger partial charge is 0.259 e. The highest BCUT2D eigenvalue weighted by molar-refractivity contribution is 7.91. The van der Waals surface area contributed by atoms with Crippen LogP contribution >= 0.6 is 0 Å². The number of carbonyl (C=O) groups excluding carboxylic acids is 3. The number of aromatic nitrogens is 2. The summed E-state index contributed by atoms with van der Waals surface area (Å²) in [5, 5.41) is 2.36. The summed E-state index contributed by atoms with van der Waals surface area (Å²) in [6.45, 7) is 0.560. The largest absolute Gasteiger partial charge is 0.474 e. The third-order valence-corrected chi connectivity index (χ3v) is 11.9. The summed E-state index contributed by atoms with van der Waals surface area (Å²) in [5.41, 5.74) is 1.00. The standard InChI is InChI=1S/C37H41N5O6S/c1-42-19-11-3-2-10-16-26-23-37(26,36(45)41-49(46,47)28-17-18-28)40-34(43)29-20-27(21-30(29)35(42)44)48-32-22-31(24-12-6-4-7-13-24)38-33(39-32)25-14-8-5-9-15-25/h4-10,12-16,22,26-30H,2-3,11,17-21,23H2,1H3,(H,40,43)(H,41,45)/b16-10-/t26-,27+,29+,30+,37+/m0/s1. The summed E-state index contributed by atoms with van der Waals surface area (Å²) in [5.74, 6) is -2.33. The Kier molecular flexibility index (Phi) is 8.99. The van der Waals surface area contributed by atoms with Gasteiger partial charge >= 0.3 is 0 Å². The average molecular weight is 684 g/mol. The van der Waals surface area contributed by atoms with E-state index in [0.29, 0.717) is 36.8 Å². The molecule has 1 aromatic heterocycles. The highest BCUT2D eigenvalue weighted by Gasteiger charge is 2.62. The van der Waals surface area contributed by atoms with Crippen LogP contribution in [0.3, 0.4) is 0 Å². The highest BCUT2D eigenvalue weighted by Crippen LogP contribution is 2.47. The van der Waals surface area contributed by atoms with E-state index in [2.05, 4.69) is 10.0 Å². The minimum absolute atomic E-state index is 0.154. The molecule has 0 radical (unpaired) electrons. The minimum Gasteiger partial charge on any atom is -0.474 e. The van der Waals surface area contributed by atoms with Gasteiger partial charge in [-0.3, -0.25) is 19.1 Å². The number of rotatable bonds is 7. The Morgan fingerprint density at radius 1 is 0.959 bits per heavy atom. The highest BCUT2D eigenvalue weighted by atomic mass is 32.2. The molecule has 4 aliphatic rings. The third-order valence-electron chi connectivity index (χ3n) is 10.1. The first-order valence-corrected chi connectivity index (χ1v) is 18.6. The normalized spacial score (nSPS) is 28.0. The van der Waals surface area contributed by atoms with Gasteiger partial charge in [0.25, 0.3) is 5.91 Å². The molecular formula is C37H41N5O6S. The van der Waals surface area contributed by atoms with Crippen LogP contribution in [0.1, 0.15) is 51.4 Å². The molecule has 2 heterocycles. The summed E-state index contributed by atoms with van der Waals surface area (Å²) in [4.78, 5) is 52.8. The van der Waals surface area contributed by atoms with Crippen LogP contribution in [-0.4, -0.2) is 71.5 Å². The average Bonchev–Trinajstić information content (AvgIpc) is 4.03. The fraction of sp³-hybridized carbons (Fsp3) is 0.432. The van der Waals surface area contributed by atoms with Gasteiger partial charge in [-0.2, -0.15) is 4.98 Å². The Hall–Kier alpha value is -4.58. The zero-order chi connectivity index (χ0) is 34.2. The van der Waals surface area contributed by atoms with Gasteiger partial charge in [-0.15, -0.1) is 0 Å². The maximum Gasteiger partial charge on any atom is 0.259 e. The number of hydrogen-bond acceptors (Lipinski definition) is 8. The van der Waals surface area contributed by atoms with Crippen LogP contribution in [0, 0.1) is 17.8 Å². The SMILES string of the molecule is CN1CCCC/C=C\[C@H]2C[C@@]2(C(=O)NS(=O)(=O)C2CC2)NC(=O)[C@@H]2C[C@@H](Oc3cc(-c4ccccc4)nc(-c4ccccc4)n3)C[C@H]2C1=O. The van der Waals surface area contributed by atoms with Gasteiger partial charge in [-0.05, 0) is 51.4 Å². The van der Waals surface area contributed by atoms with Crippen molar-refractivity contribution in [3.05, 3.63) is 78.9 Å². The van der Waals surface area contributed by atoms with Crippen LogP contribution in [0.2, 0.25) is 0 Å². The summed E-state index contributed by atoms with van der Waals surface area (Å²) in [6, 6.07) is 21.1. The Labute approximate surface area is 286 Å². The van der Waals surface area contributed by atoms with E-state index in [0.717, 1.165) is 30.4 Å². The Morgan fingerprint density at radius 2 is 1.65 bits per heavy atom. The molecule has 49 heavy (non-hydrogen) atoms. The summed E-state index contributed by atoms with van der Waals surface area (Å²) in [7, 11) is -2.06. The molecule has 3 fully saturated rings. The van der Waals surface area contributed by atoms with Crippen molar-refractivity contribution >= 4 is 27.7 Å². The minimum atomic E-state index is -3.82. The lowest BCUT2D eigenvalue weighted by Gasteiger charge is -2.26. The number of benzene rings is 2. The first-order chi connectivity index (χ1) is 23.6. The van der Waals surface area contributed by atoms with E-state index in [-0.39, 0.29) is 31.1 Å². The summed E-state index contributed by atoms with van der Waals surface area (Å²) < 4.78 is 34.2. The van der Waals surface area contributed by atoms with E-state index in [1.807, 2.05) is 72.8 Å². The maximum absolute atomic E-state index is 14.1. The lowest BCUT2D eigenvalue weighted by Crippen LogP contribution is -2.54. The van der Waals surface area contributed by atoms with Gasteiger partial charge in [0.15, 0.2) is 5.82 Å². The molecule has 0 spiro atoms. The van der Waals surface area contributed by atoms with Crippen molar-refractivity contribution in [2.24, 2.45) is 17.8 Å². The van der Waals surface area contributed by atoms with Crippen LogP contribution < -0.4 is 14.8 Å². The molecule has 3 saturated carbocycles. The van der Waals surface area contributed by atoms with Gasteiger partial charge < -0.3 is 15.0 Å². The first-order valence-electron chi connectivity index (χ1n) is 17.1. The second kappa shape index (κ2) is 13.4. The molecule has 11 nitrogen and oxygen atoms in total. The summed E-state index contributed by atoms with van der Waals surface area (Å²) in [6.07, 6.45) is 7.57. The van der Waals surface area contributed by atoms with Gasteiger partial charge in [0.1, 0.15) is 11.6 Å². The van der Waals surface area contributed by atoms with Gasteiger partial charge in [0.05, 0.1) is 22.8 Å². The van der Waals surface area contributed by atoms with Gasteiger partial charge in [-0.25, -0.2) is 13.4 Å². The predicted molar refractivity (Wildman–Crippen MR) is 183 cm³/mol. The van der Waals surface area contributed by atoms with E-state index in [1.54, 1.807) is 18.0 Å². The number of fused-ring (bicyclic) bond motifs is 2. The monoisotopic (exact) mass is 683 g/mol. The lowest BCUT2D eigenvalue weighted by atomic mass is 9.93.